The molecule has 0 radical (unpaired) electrons. The average Bonchev–Trinajstić information content (AvgIpc) is 3.00. The zero-order valence-corrected chi connectivity index (χ0v) is 16.2. The van der Waals surface area contributed by atoms with E-state index >= 15 is 0 Å². The number of halogens is 1. The number of nitrogens with one attached hydrogen (secondary N) is 1. The van der Waals surface area contributed by atoms with Crippen LogP contribution in [0, 0.1) is 5.82 Å². The number of rotatable bonds is 7. The highest BCUT2D eigenvalue weighted by molar-refractivity contribution is 8.00. The molecule has 1 N–H and O–H groups in total. The van der Waals surface area contributed by atoms with Gasteiger partial charge in [-0.15, -0.1) is 10.2 Å². The number of sulfonamides is 1. The first-order valence-corrected chi connectivity index (χ1v) is 11.1. The Kier molecular flexibility index (Phi) is 6.36. The highest BCUT2D eigenvalue weighted by Crippen LogP contribution is 2.26. The molecule has 0 fully saturated rings. The van der Waals surface area contributed by atoms with Crippen molar-refractivity contribution in [3.63, 3.8) is 0 Å². The molecule has 1 atom stereocenters. The molecule has 0 saturated carbocycles. The zero-order valence-electron chi connectivity index (χ0n) is 13.8. The van der Waals surface area contributed by atoms with Crippen molar-refractivity contribution in [3.8, 4) is 0 Å². The van der Waals surface area contributed by atoms with Gasteiger partial charge in [-0.05, 0) is 36.9 Å². The van der Waals surface area contributed by atoms with Crippen LogP contribution in [0.5, 0.6) is 0 Å². The molecule has 136 valence electrons. The van der Waals surface area contributed by atoms with Gasteiger partial charge in [0.15, 0.2) is 4.34 Å². The second-order valence-corrected chi connectivity index (χ2v) is 8.92. The molecule has 0 bridgehead atoms. The number of anilines is 2. The van der Waals surface area contributed by atoms with Gasteiger partial charge in [0, 0.05) is 0 Å². The molecular weight excluding hydrogens is 387 g/mol. The number of hydrogen-bond acceptors (Lipinski definition) is 7. The molecule has 0 aliphatic heterocycles. The van der Waals surface area contributed by atoms with Gasteiger partial charge in [-0.25, -0.2) is 12.8 Å². The summed E-state index contributed by atoms with van der Waals surface area (Å²) < 4.78 is 39.3. The first-order chi connectivity index (χ1) is 11.8. The van der Waals surface area contributed by atoms with Gasteiger partial charge in [-0.3, -0.25) is 14.4 Å². The number of amides is 1. The maximum atomic E-state index is 13.1. The zero-order chi connectivity index (χ0) is 18.6. The van der Waals surface area contributed by atoms with Crippen LogP contribution in [0.3, 0.4) is 0 Å². The number of nitrogens with zero attached hydrogens (tertiary/aromatic N) is 3. The first-order valence-electron chi connectivity index (χ1n) is 7.19. The molecule has 0 unspecified atom stereocenters. The van der Waals surface area contributed by atoms with Crippen molar-refractivity contribution in [1.82, 2.24) is 10.2 Å². The van der Waals surface area contributed by atoms with Gasteiger partial charge in [0.1, 0.15) is 11.9 Å². The SMILES string of the molecule is CC[C@H](C(=O)Nc1nnc(SC)s1)N(c1ccc(F)cc1)S(C)(=O)=O. The Morgan fingerprint density at radius 3 is 2.48 bits per heavy atom. The quantitative estimate of drug-likeness (QED) is 0.563. The molecule has 1 heterocycles. The smallest absolute Gasteiger partial charge is 0.250 e. The lowest BCUT2D eigenvalue weighted by Gasteiger charge is -2.29. The largest absolute Gasteiger partial charge is 0.299 e. The topological polar surface area (TPSA) is 92.3 Å². The molecule has 0 saturated heterocycles. The van der Waals surface area contributed by atoms with Gasteiger partial charge in [0.25, 0.3) is 0 Å². The highest BCUT2D eigenvalue weighted by Gasteiger charge is 2.32. The number of aromatic nitrogens is 2. The summed E-state index contributed by atoms with van der Waals surface area (Å²) in [6, 6.07) is 3.94. The molecule has 0 aliphatic carbocycles. The Hall–Kier alpha value is -1.72. The fourth-order valence-corrected chi connectivity index (χ4v) is 4.56. The van der Waals surface area contributed by atoms with E-state index in [0.717, 1.165) is 22.7 Å². The third kappa shape index (κ3) is 4.89. The van der Waals surface area contributed by atoms with Crippen LogP contribution in [-0.2, 0) is 14.8 Å². The predicted octanol–water partition coefficient (Wildman–Crippen LogP) is 2.58. The molecule has 2 rings (SSSR count). The van der Waals surface area contributed by atoms with E-state index in [0.29, 0.717) is 9.47 Å². The summed E-state index contributed by atoms with van der Waals surface area (Å²) in [7, 11) is -3.77. The first kappa shape index (κ1) is 19.6. The Balaban J connectivity index is 2.32. The predicted molar refractivity (Wildman–Crippen MR) is 98.1 cm³/mol. The van der Waals surface area contributed by atoms with Gasteiger partial charge in [0.2, 0.25) is 21.1 Å². The van der Waals surface area contributed by atoms with Crippen molar-refractivity contribution >= 4 is 49.8 Å². The van der Waals surface area contributed by atoms with Gasteiger partial charge >= 0.3 is 0 Å². The van der Waals surface area contributed by atoms with Crippen LogP contribution >= 0.6 is 23.1 Å². The maximum Gasteiger partial charge on any atom is 0.250 e. The van der Waals surface area contributed by atoms with Crippen molar-refractivity contribution in [2.75, 3.05) is 22.1 Å². The number of carbonyl (C=O) groups is 1. The van der Waals surface area contributed by atoms with Crippen LogP contribution in [0.15, 0.2) is 28.6 Å². The van der Waals surface area contributed by atoms with Crippen molar-refractivity contribution < 1.29 is 17.6 Å². The van der Waals surface area contributed by atoms with E-state index in [1.54, 1.807) is 6.92 Å². The Morgan fingerprint density at radius 2 is 2.00 bits per heavy atom. The minimum Gasteiger partial charge on any atom is -0.299 e. The van der Waals surface area contributed by atoms with E-state index in [9.17, 15) is 17.6 Å². The van der Waals surface area contributed by atoms with Crippen LogP contribution in [-0.4, -0.2) is 43.1 Å². The summed E-state index contributed by atoms with van der Waals surface area (Å²) >= 11 is 2.59. The summed E-state index contributed by atoms with van der Waals surface area (Å²) in [6.07, 6.45) is 3.06. The third-order valence-corrected chi connectivity index (χ3v) is 6.22. The monoisotopic (exact) mass is 404 g/mol. The molecule has 1 aromatic carbocycles. The van der Waals surface area contributed by atoms with Gasteiger partial charge in [0.05, 0.1) is 11.9 Å². The molecule has 1 amide bonds. The lowest BCUT2D eigenvalue weighted by atomic mass is 10.2. The minimum atomic E-state index is -3.77. The molecule has 25 heavy (non-hydrogen) atoms. The normalized spacial score (nSPS) is 12.6. The highest BCUT2D eigenvalue weighted by atomic mass is 32.2. The Morgan fingerprint density at radius 1 is 1.36 bits per heavy atom. The molecule has 0 spiro atoms. The van der Waals surface area contributed by atoms with E-state index in [1.807, 2.05) is 6.26 Å². The van der Waals surface area contributed by atoms with Gasteiger partial charge in [-0.1, -0.05) is 30.0 Å². The van der Waals surface area contributed by atoms with Gasteiger partial charge < -0.3 is 0 Å². The van der Waals surface area contributed by atoms with Crippen LogP contribution in [0.2, 0.25) is 0 Å². The molecule has 0 aliphatic rings. The lowest BCUT2D eigenvalue weighted by Crippen LogP contribution is -2.47. The van der Waals surface area contributed by atoms with Gasteiger partial charge in [-0.2, -0.15) is 0 Å². The van der Waals surface area contributed by atoms with E-state index in [4.69, 9.17) is 0 Å². The summed E-state index contributed by atoms with van der Waals surface area (Å²) in [4.78, 5) is 12.6. The molecule has 7 nitrogen and oxygen atoms in total. The number of benzene rings is 1. The Bertz CT molecular complexity index is 839. The molecule has 1 aromatic heterocycles. The van der Waals surface area contributed by atoms with Crippen LogP contribution < -0.4 is 9.62 Å². The van der Waals surface area contributed by atoms with Crippen molar-refractivity contribution in [1.29, 1.82) is 0 Å². The van der Waals surface area contributed by atoms with Crippen LogP contribution in [0.4, 0.5) is 15.2 Å². The fraction of sp³-hybridized carbons (Fsp3) is 0.357. The standard InChI is InChI=1S/C14H17FN4O3S3/c1-4-11(12(20)16-13-17-18-14(23-2)24-13)19(25(3,21)22)10-7-5-9(15)6-8-10/h5-8,11H,4H2,1-3H3,(H,16,17,20)/t11-/m1/s1. The van der Waals surface area contributed by atoms with E-state index in [-0.39, 0.29) is 12.1 Å². The summed E-state index contributed by atoms with van der Waals surface area (Å²) in [6.45, 7) is 1.69. The van der Waals surface area contributed by atoms with Crippen LogP contribution in [0.25, 0.3) is 0 Å². The van der Waals surface area contributed by atoms with Crippen LogP contribution in [0.1, 0.15) is 13.3 Å². The third-order valence-electron chi connectivity index (χ3n) is 3.22. The summed E-state index contributed by atoms with van der Waals surface area (Å²) in [5.41, 5.74) is 0.216. The second kappa shape index (κ2) is 8.11. The summed E-state index contributed by atoms with van der Waals surface area (Å²) in [5.74, 6) is -1.02. The van der Waals surface area contributed by atoms with E-state index in [2.05, 4.69) is 15.5 Å². The van der Waals surface area contributed by atoms with Crippen molar-refractivity contribution in [2.45, 2.75) is 23.7 Å². The fourth-order valence-electron chi connectivity index (χ4n) is 2.18. The van der Waals surface area contributed by atoms with Crippen molar-refractivity contribution in [2.24, 2.45) is 0 Å². The van der Waals surface area contributed by atoms with E-state index < -0.39 is 27.8 Å². The number of hydrogen-bond donors (Lipinski definition) is 1. The second-order valence-electron chi connectivity index (χ2n) is 5.03. The maximum absolute atomic E-state index is 13.1. The summed E-state index contributed by atoms with van der Waals surface area (Å²) in [5, 5.41) is 10.6. The number of thioether (sulfide) groups is 1. The molecule has 11 heteroatoms. The minimum absolute atomic E-state index is 0.216. The molecular formula is C14H17FN4O3S3. The van der Waals surface area contributed by atoms with E-state index in [1.165, 1.54) is 35.2 Å². The Labute approximate surface area is 153 Å². The molecule has 2 aromatic rings. The van der Waals surface area contributed by atoms with Crippen molar-refractivity contribution in [3.05, 3.63) is 30.1 Å². The average molecular weight is 405 g/mol. The lowest BCUT2D eigenvalue weighted by molar-refractivity contribution is -0.117. The number of carbonyl (C=O) groups excluding carboxylic acids is 1.